The summed E-state index contributed by atoms with van der Waals surface area (Å²) < 4.78 is 17.5. The molecule has 0 fully saturated rings. The van der Waals surface area contributed by atoms with Crippen molar-refractivity contribution in [1.29, 1.82) is 0 Å². The quantitative estimate of drug-likeness (QED) is 0.428. The van der Waals surface area contributed by atoms with Gasteiger partial charge in [0.15, 0.2) is 17.2 Å². The van der Waals surface area contributed by atoms with Crippen LogP contribution in [-0.2, 0) is 16.1 Å². The number of fused-ring (bicyclic) bond motifs is 1. The second-order valence-corrected chi connectivity index (χ2v) is 9.44. The van der Waals surface area contributed by atoms with Crippen LogP contribution >= 0.6 is 11.6 Å². The number of nitrogens with two attached hydrogens (primary N) is 1. The Morgan fingerprint density at radius 3 is 2.64 bits per heavy atom. The summed E-state index contributed by atoms with van der Waals surface area (Å²) in [5.74, 6) is 0.632. The van der Waals surface area contributed by atoms with E-state index < -0.39 is 17.6 Å². The first-order valence-electron chi connectivity index (χ1n) is 11.1. The van der Waals surface area contributed by atoms with Crippen LogP contribution in [0.25, 0.3) is 5.65 Å². The van der Waals surface area contributed by atoms with Gasteiger partial charge in [-0.1, -0.05) is 11.6 Å². The minimum Gasteiger partial charge on any atom is -0.493 e. The molecule has 3 heterocycles. The van der Waals surface area contributed by atoms with Crippen LogP contribution in [0.2, 0.25) is 5.15 Å². The third-order valence-electron chi connectivity index (χ3n) is 4.84. The summed E-state index contributed by atoms with van der Waals surface area (Å²) >= 11 is 6.20. The van der Waals surface area contributed by atoms with E-state index in [2.05, 4.69) is 20.4 Å². The van der Waals surface area contributed by atoms with E-state index in [4.69, 9.17) is 31.5 Å². The monoisotopic (exact) mass is 519 g/mol. The number of pyridine rings is 1. The summed E-state index contributed by atoms with van der Waals surface area (Å²) in [5, 5.41) is 7.17. The number of nitrogen functional groups attached to an aromatic ring is 1. The summed E-state index contributed by atoms with van der Waals surface area (Å²) in [6.07, 6.45) is 0.754. The molecule has 2 amide bonds. The van der Waals surface area contributed by atoms with Gasteiger partial charge < -0.3 is 25.3 Å². The first-order valence-corrected chi connectivity index (χ1v) is 11.5. The Bertz CT molecular complexity index is 1260. The van der Waals surface area contributed by atoms with Crippen LogP contribution in [0.15, 0.2) is 24.4 Å². The van der Waals surface area contributed by atoms with Gasteiger partial charge in [-0.05, 0) is 39.8 Å². The second-order valence-electron chi connectivity index (χ2n) is 9.05. The van der Waals surface area contributed by atoms with Gasteiger partial charge >= 0.3 is 6.09 Å². The van der Waals surface area contributed by atoms with Gasteiger partial charge in [0.2, 0.25) is 0 Å². The molecule has 0 bridgehead atoms. The highest BCUT2D eigenvalue weighted by Crippen LogP contribution is 2.23. The summed E-state index contributed by atoms with van der Waals surface area (Å²) in [6.45, 7) is 7.51. The van der Waals surface area contributed by atoms with Crippen LogP contribution in [0.1, 0.15) is 43.7 Å². The maximum atomic E-state index is 12.9. The van der Waals surface area contributed by atoms with Crippen molar-refractivity contribution >= 4 is 40.9 Å². The van der Waals surface area contributed by atoms with E-state index in [1.54, 1.807) is 39.8 Å². The lowest BCUT2D eigenvalue weighted by Crippen LogP contribution is -2.36. The maximum Gasteiger partial charge on any atom is 0.415 e. The Labute approximate surface area is 213 Å². The van der Waals surface area contributed by atoms with E-state index in [9.17, 15) is 9.59 Å². The fourth-order valence-corrected chi connectivity index (χ4v) is 3.36. The molecular formula is C23H30ClN7O5. The predicted octanol–water partition coefficient (Wildman–Crippen LogP) is 3.07. The van der Waals surface area contributed by atoms with Gasteiger partial charge in [-0.15, -0.1) is 0 Å². The van der Waals surface area contributed by atoms with Gasteiger partial charge in [-0.2, -0.15) is 9.61 Å². The SMILES string of the molecule is COc1ccc(COC[C@@H](C)NC(=O)c2cnn3c(N(C)C(=O)OC(C)(C)C)cc(Cl)nc23)nc1N. The van der Waals surface area contributed by atoms with E-state index in [1.807, 2.05) is 0 Å². The number of aromatic nitrogens is 4. The van der Waals surface area contributed by atoms with E-state index >= 15 is 0 Å². The number of hydrogen-bond acceptors (Lipinski definition) is 9. The van der Waals surface area contributed by atoms with Crippen LogP contribution in [0.5, 0.6) is 5.75 Å². The molecular weight excluding hydrogens is 490 g/mol. The minimum atomic E-state index is -0.690. The van der Waals surface area contributed by atoms with Crippen LogP contribution in [0.3, 0.4) is 0 Å². The van der Waals surface area contributed by atoms with E-state index in [1.165, 1.54) is 35.8 Å². The molecule has 0 aliphatic carbocycles. The molecule has 0 saturated carbocycles. The fourth-order valence-electron chi connectivity index (χ4n) is 3.18. The topological polar surface area (TPSA) is 146 Å². The predicted molar refractivity (Wildman–Crippen MR) is 134 cm³/mol. The number of nitrogens with zero attached hydrogens (tertiary/aromatic N) is 5. The molecule has 0 saturated heterocycles. The Kier molecular flexibility index (Phi) is 8.21. The average Bonchev–Trinajstić information content (AvgIpc) is 3.20. The van der Waals surface area contributed by atoms with Crippen LogP contribution in [0.4, 0.5) is 16.4 Å². The molecule has 3 rings (SSSR count). The summed E-state index contributed by atoms with van der Waals surface area (Å²) in [5.41, 5.74) is 6.13. The first-order chi connectivity index (χ1) is 16.9. The summed E-state index contributed by atoms with van der Waals surface area (Å²) in [4.78, 5) is 35.2. The van der Waals surface area contributed by atoms with Gasteiger partial charge in [0.1, 0.15) is 22.1 Å². The molecule has 13 heteroatoms. The number of carbonyl (C=O) groups excluding carboxylic acids is 2. The molecule has 12 nitrogen and oxygen atoms in total. The largest absolute Gasteiger partial charge is 0.493 e. The standard InChI is InChI=1S/C23H30ClN7O5/c1-13(11-35-12-14-7-8-16(34-6)19(25)28-14)27-21(32)15-10-26-31-18(9-17(24)29-20(15)31)30(5)22(33)36-23(2,3)4/h7-10,13H,11-12H2,1-6H3,(H2,25,28)(H,27,32)/t13-/m1/s1. The third-order valence-corrected chi connectivity index (χ3v) is 5.03. The second kappa shape index (κ2) is 11.0. The maximum absolute atomic E-state index is 12.9. The highest BCUT2D eigenvalue weighted by molar-refractivity contribution is 6.30. The number of amides is 2. The molecule has 0 aliphatic heterocycles. The molecule has 0 unspecified atom stereocenters. The van der Waals surface area contributed by atoms with Crippen molar-refractivity contribution in [2.45, 2.75) is 45.9 Å². The van der Waals surface area contributed by atoms with Crippen LogP contribution < -0.4 is 20.7 Å². The lowest BCUT2D eigenvalue weighted by Gasteiger charge is -2.24. The molecule has 0 radical (unpaired) electrons. The minimum absolute atomic E-state index is 0.0881. The van der Waals surface area contributed by atoms with Gasteiger partial charge in [0.25, 0.3) is 5.91 Å². The molecule has 0 aliphatic rings. The summed E-state index contributed by atoms with van der Waals surface area (Å²) in [7, 11) is 3.03. The zero-order chi connectivity index (χ0) is 26.6. The first kappa shape index (κ1) is 27.0. The Morgan fingerprint density at radius 2 is 2.00 bits per heavy atom. The van der Waals surface area contributed by atoms with Gasteiger partial charge in [-0.3, -0.25) is 9.69 Å². The molecule has 1 atom stereocenters. The van der Waals surface area contributed by atoms with Crippen molar-refractivity contribution in [1.82, 2.24) is 24.9 Å². The normalized spacial score (nSPS) is 12.3. The van der Waals surface area contributed by atoms with Gasteiger partial charge in [-0.25, -0.2) is 14.8 Å². The molecule has 3 aromatic rings. The van der Waals surface area contributed by atoms with Crippen molar-refractivity contribution in [2.75, 3.05) is 31.4 Å². The number of rotatable bonds is 8. The zero-order valence-electron chi connectivity index (χ0n) is 21.0. The lowest BCUT2D eigenvalue weighted by atomic mass is 10.2. The van der Waals surface area contributed by atoms with Crippen molar-refractivity contribution in [2.24, 2.45) is 0 Å². The average molecular weight is 520 g/mol. The smallest absolute Gasteiger partial charge is 0.415 e. The van der Waals surface area contributed by atoms with Crippen molar-refractivity contribution in [3.63, 3.8) is 0 Å². The Balaban J connectivity index is 1.68. The van der Waals surface area contributed by atoms with E-state index in [0.29, 0.717) is 17.3 Å². The molecule has 3 aromatic heterocycles. The number of ether oxygens (including phenoxy) is 3. The number of hydrogen-bond donors (Lipinski definition) is 2. The molecule has 0 spiro atoms. The Morgan fingerprint density at radius 1 is 1.28 bits per heavy atom. The highest BCUT2D eigenvalue weighted by Gasteiger charge is 2.25. The summed E-state index contributed by atoms with van der Waals surface area (Å²) in [6, 6.07) is 4.58. The van der Waals surface area contributed by atoms with Crippen molar-refractivity contribution < 1.29 is 23.8 Å². The number of methoxy groups -OCH3 is 1. The van der Waals surface area contributed by atoms with Gasteiger partial charge in [0, 0.05) is 19.2 Å². The van der Waals surface area contributed by atoms with Crippen molar-refractivity contribution in [3.05, 3.63) is 40.8 Å². The Hall–Kier alpha value is -3.64. The van der Waals surface area contributed by atoms with Crippen molar-refractivity contribution in [3.8, 4) is 5.75 Å². The number of nitrogens with one attached hydrogen (secondary N) is 1. The molecule has 0 aromatic carbocycles. The molecule has 3 N–H and O–H groups in total. The van der Waals surface area contributed by atoms with E-state index in [0.717, 1.165) is 0 Å². The number of halogens is 1. The lowest BCUT2D eigenvalue weighted by molar-refractivity contribution is 0.0587. The van der Waals surface area contributed by atoms with Crippen LogP contribution in [0, 0.1) is 0 Å². The van der Waals surface area contributed by atoms with E-state index in [-0.39, 0.29) is 41.4 Å². The highest BCUT2D eigenvalue weighted by atomic mass is 35.5. The number of carbonyl (C=O) groups is 2. The fraction of sp³-hybridized carbons (Fsp3) is 0.435. The molecule has 36 heavy (non-hydrogen) atoms. The molecule has 194 valence electrons. The number of anilines is 2. The van der Waals surface area contributed by atoms with Gasteiger partial charge in [0.05, 0.1) is 32.2 Å². The third kappa shape index (κ3) is 6.52. The zero-order valence-corrected chi connectivity index (χ0v) is 21.8. The van der Waals surface area contributed by atoms with Crippen LogP contribution in [-0.4, -0.2) is 64.0 Å².